The third-order valence-electron chi connectivity index (χ3n) is 5.00. The highest BCUT2D eigenvalue weighted by Gasteiger charge is 2.08. The fourth-order valence-corrected chi connectivity index (χ4v) is 3.42. The summed E-state index contributed by atoms with van der Waals surface area (Å²) in [5.74, 6) is -0.980. The molecule has 0 aliphatic heterocycles. The summed E-state index contributed by atoms with van der Waals surface area (Å²) in [6.45, 7) is 1.97. The van der Waals surface area contributed by atoms with Gasteiger partial charge in [0, 0.05) is 24.5 Å². The number of allylic oxidation sites excluding steroid dienone is 2. The molecular formula is C27H26F2N2O. The monoisotopic (exact) mass is 432 g/mol. The third kappa shape index (κ3) is 7.27. The molecule has 0 saturated carbocycles. The number of pyridine rings is 1. The number of nitrogens with one attached hydrogen (secondary N) is 1. The zero-order valence-electron chi connectivity index (χ0n) is 18.0. The summed E-state index contributed by atoms with van der Waals surface area (Å²) in [5, 5.41) is 2.95. The Balaban J connectivity index is 1.62. The molecule has 1 heterocycles. The molecule has 0 spiro atoms. The Morgan fingerprint density at radius 1 is 1.03 bits per heavy atom. The van der Waals surface area contributed by atoms with E-state index in [0.717, 1.165) is 19.3 Å². The number of aromatic nitrogens is 1. The van der Waals surface area contributed by atoms with Gasteiger partial charge in [0.1, 0.15) is 11.6 Å². The Morgan fingerprint density at radius 2 is 1.72 bits per heavy atom. The van der Waals surface area contributed by atoms with Crippen LogP contribution in [0.5, 0.6) is 0 Å². The molecule has 0 bridgehead atoms. The molecule has 0 fully saturated rings. The molecule has 0 radical (unpaired) electrons. The first-order valence-corrected chi connectivity index (χ1v) is 10.6. The number of carbonyl (C=O) groups is 1. The van der Waals surface area contributed by atoms with Crippen molar-refractivity contribution in [2.45, 2.75) is 32.2 Å². The third-order valence-corrected chi connectivity index (χ3v) is 5.00. The molecule has 164 valence electrons. The molecule has 1 atom stereocenters. The number of aryl methyl sites for hydroxylation is 1. The van der Waals surface area contributed by atoms with Crippen LogP contribution in [0.25, 0.3) is 5.57 Å². The van der Waals surface area contributed by atoms with Crippen LogP contribution in [-0.4, -0.2) is 16.9 Å². The van der Waals surface area contributed by atoms with Gasteiger partial charge in [-0.25, -0.2) is 8.78 Å². The summed E-state index contributed by atoms with van der Waals surface area (Å²) in [7, 11) is 0. The second-order valence-corrected chi connectivity index (χ2v) is 7.62. The summed E-state index contributed by atoms with van der Waals surface area (Å²) >= 11 is 0. The predicted octanol–water partition coefficient (Wildman–Crippen LogP) is 5.88. The fourth-order valence-electron chi connectivity index (χ4n) is 3.42. The lowest BCUT2D eigenvalue weighted by atomic mass is 9.97. The summed E-state index contributed by atoms with van der Waals surface area (Å²) in [6, 6.07) is 16.2. The van der Waals surface area contributed by atoms with Crippen LogP contribution in [0.2, 0.25) is 0 Å². The minimum Gasteiger partial charge on any atom is -0.350 e. The maximum absolute atomic E-state index is 13.7. The average Bonchev–Trinajstić information content (AvgIpc) is 2.77. The topological polar surface area (TPSA) is 42.0 Å². The van der Waals surface area contributed by atoms with E-state index in [1.54, 1.807) is 42.6 Å². The number of amides is 1. The van der Waals surface area contributed by atoms with Crippen LogP contribution in [0.3, 0.4) is 0 Å². The molecule has 3 aromatic rings. The van der Waals surface area contributed by atoms with E-state index in [4.69, 9.17) is 0 Å². The molecule has 0 saturated heterocycles. The first-order chi connectivity index (χ1) is 15.5. The van der Waals surface area contributed by atoms with Crippen LogP contribution >= 0.6 is 0 Å². The quantitative estimate of drug-likeness (QED) is 0.339. The summed E-state index contributed by atoms with van der Waals surface area (Å²) in [5.41, 5.74) is 3.00. The lowest BCUT2D eigenvalue weighted by Gasteiger charge is -2.12. The number of halogens is 2. The van der Waals surface area contributed by atoms with Gasteiger partial charge in [-0.15, -0.1) is 0 Å². The van der Waals surface area contributed by atoms with Crippen LogP contribution in [-0.2, 0) is 11.2 Å². The highest BCUT2D eigenvalue weighted by atomic mass is 19.1. The van der Waals surface area contributed by atoms with Gasteiger partial charge >= 0.3 is 0 Å². The number of nitrogens with zero attached hydrogens (tertiary/aromatic N) is 1. The lowest BCUT2D eigenvalue weighted by molar-refractivity contribution is -0.117. The summed E-state index contributed by atoms with van der Waals surface area (Å²) in [6.07, 6.45) is 11.0. The highest BCUT2D eigenvalue weighted by molar-refractivity contribution is 5.89. The van der Waals surface area contributed by atoms with Gasteiger partial charge in [-0.3, -0.25) is 9.78 Å². The zero-order valence-corrected chi connectivity index (χ0v) is 18.0. The van der Waals surface area contributed by atoms with E-state index in [1.165, 1.54) is 35.9 Å². The molecule has 2 aromatic carbocycles. The molecule has 0 unspecified atom stereocenters. The summed E-state index contributed by atoms with van der Waals surface area (Å²) in [4.78, 5) is 16.4. The van der Waals surface area contributed by atoms with E-state index in [9.17, 15) is 13.6 Å². The minimum absolute atomic E-state index is 0.0266. The van der Waals surface area contributed by atoms with Crippen molar-refractivity contribution in [3.63, 3.8) is 0 Å². The highest BCUT2D eigenvalue weighted by Crippen LogP contribution is 2.24. The van der Waals surface area contributed by atoms with Crippen LogP contribution in [0, 0.1) is 11.6 Å². The molecule has 5 heteroatoms. The second-order valence-electron chi connectivity index (χ2n) is 7.62. The van der Waals surface area contributed by atoms with Crippen molar-refractivity contribution in [3.8, 4) is 0 Å². The molecule has 1 amide bonds. The summed E-state index contributed by atoms with van der Waals surface area (Å²) < 4.78 is 27.5. The molecule has 1 N–H and O–H groups in total. The molecule has 1 aromatic heterocycles. The maximum atomic E-state index is 13.7. The van der Waals surface area contributed by atoms with Crippen molar-refractivity contribution >= 4 is 11.5 Å². The van der Waals surface area contributed by atoms with Crippen LogP contribution in [0.1, 0.15) is 36.5 Å². The van der Waals surface area contributed by atoms with Crippen molar-refractivity contribution in [1.82, 2.24) is 10.3 Å². The zero-order chi connectivity index (χ0) is 22.8. The molecule has 32 heavy (non-hydrogen) atoms. The normalized spacial score (nSPS) is 11.8. The van der Waals surface area contributed by atoms with Crippen molar-refractivity contribution in [1.29, 1.82) is 0 Å². The second kappa shape index (κ2) is 11.7. The largest absolute Gasteiger partial charge is 0.350 e. The maximum Gasteiger partial charge on any atom is 0.244 e. The van der Waals surface area contributed by atoms with Crippen molar-refractivity contribution in [2.24, 2.45) is 0 Å². The number of hydrogen-bond acceptors (Lipinski definition) is 2. The molecule has 0 aliphatic rings. The Morgan fingerprint density at radius 3 is 2.31 bits per heavy atom. The fraction of sp³-hybridized carbons (Fsp3) is 0.185. The first kappa shape index (κ1) is 23.1. The van der Waals surface area contributed by atoms with Crippen LogP contribution in [0.4, 0.5) is 8.78 Å². The Labute approximate surface area is 187 Å². The minimum atomic E-state index is -0.383. The van der Waals surface area contributed by atoms with E-state index in [0.29, 0.717) is 16.7 Å². The molecular weight excluding hydrogens is 406 g/mol. The number of rotatable bonds is 9. The average molecular weight is 433 g/mol. The van der Waals surface area contributed by atoms with Gasteiger partial charge in [0.25, 0.3) is 0 Å². The van der Waals surface area contributed by atoms with E-state index in [1.807, 2.05) is 25.3 Å². The van der Waals surface area contributed by atoms with E-state index < -0.39 is 0 Å². The van der Waals surface area contributed by atoms with E-state index in [-0.39, 0.29) is 23.6 Å². The van der Waals surface area contributed by atoms with Gasteiger partial charge < -0.3 is 5.32 Å². The van der Waals surface area contributed by atoms with E-state index in [2.05, 4.69) is 10.3 Å². The Bertz CT molecular complexity index is 1050. The number of hydrogen-bond donors (Lipinski definition) is 1. The van der Waals surface area contributed by atoms with Gasteiger partial charge in [0.2, 0.25) is 5.91 Å². The molecule has 3 rings (SSSR count). The van der Waals surface area contributed by atoms with Gasteiger partial charge in [-0.2, -0.15) is 0 Å². The van der Waals surface area contributed by atoms with Gasteiger partial charge in [-0.05, 0) is 78.8 Å². The van der Waals surface area contributed by atoms with Crippen molar-refractivity contribution in [3.05, 3.63) is 120 Å². The number of benzene rings is 2. The Hall–Kier alpha value is -3.60. The number of carbonyl (C=O) groups excluding carboxylic acids is 1. The van der Waals surface area contributed by atoms with Crippen LogP contribution < -0.4 is 5.32 Å². The lowest BCUT2D eigenvalue weighted by Crippen LogP contribution is -2.31. The van der Waals surface area contributed by atoms with Crippen molar-refractivity contribution in [2.75, 3.05) is 0 Å². The van der Waals surface area contributed by atoms with Gasteiger partial charge in [0.15, 0.2) is 0 Å². The Kier molecular flexibility index (Phi) is 8.44. The SMILES string of the molecule is C[C@@H](CCCc1cccnc1)NC(=O)C=CC=C(c1cccc(F)c1)c1cccc(F)c1. The molecule has 3 nitrogen and oxygen atoms in total. The van der Waals surface area contributed by atoms with Crippen molar-refractivity contribution < 1.29 is 13.6 Å². The predicted molar refractivity (Wildman–Crippen MR) is 124 cm³/mol. The standard InChI is InChI=1S/C27H26F2N2O/c1-20(7-2-8-21-9-6-16-30-19-21)31-27(32)15-5-14-26(22-10-3-12-24(28)17-22)23-11-4-13-25(29)18-23/h3-6,9-20H,2,7-8H2,1H3,(H,31,32)/t20-/m0/s1. The smallest absolute Gasteiger partial charge is 0.244 e. The first-order valence-electron chi connectivity index (χ1n) is 10.6. The van der Waals surface area contributed by atoms with Gasteiger partial charge in [-0.1, -0.05) is 42.5 Å². The van der Waals surface area contributed by atoms with E-state index >= 15 is 0 Å². The van der Waals surface area contributed by atoms with Crippen LogP contribution in [0.15, 0.2) is 91.3 Å². The molecule has 0 aliphatic carbocycles. The van der Waals surface area contributed by atoms with Gasteiger partial charge in [0.05, 0.1) is 0 Å².